The minimum Gasteiger partial charge on any atom is -0.450 e. The van der Waals surface area contributed by atoms with Crippen LogP contribution in [0.2, 0.25) is 0 Å². The van der Waals surface area contributed by atoms with Crippen LogP contribution in [0.25, 0.3) is 0 Å². The second kappa shape index (κ2) is 8.06. The first-order valence-electron chi connectivity index (χ1n) is 6.41. The summed E-state index contributed by atoms with van der Waals surface area (Å²) in [6, 6.07) is 0. The molecule has 0 saturated carbocycles. The van der Waals surface area contributed by atoms with Crippen molar-refractivity contribution in [2.45, 2.75) is 39.0 Å². The van der Waals surface area contributed by atoms with Gasteiger partial charge in [-0.15, -0.1) is 0 Å². The Kier molecular flexibility index (Phi) is 6.62. The number of hydrogen-bond donors (Lipinski definition) is 1. The molecule has 1 rings (SSSR count). The van der Waals surface area contributed by atoms with E-state index in [1.165, 1.54) is 19.3 Å². The van der Waals surface area contributed by atoms with Crippen molar-refractivity contribution in [1.82, 2.24) is 10.2 Å². The Hall–Kier alpha value is -1.10. The first kappa shape index (κ1) is 14.0. The van der Waals surface area contributed by atoms with Crippen LogP contribution in [0.5, 0.6) is 0 Å². The zero-order chi connectivity index (χ0) is 12.5. The first-order valence-corrected chi connectivity index (χ1v) is 6.41. The molecular weight excluding hydrogens is 220 g/mol. The van der Waals surface area contributed by atoms with Crippen LogP contribution in [-0.2, 0) is 9.53 Å². The topological polar surface area (TPSA) is 58.6 Å². The van der Waals surface area contributed by atoms with Crippen molar-refractivity contribution < 1.29 is 14.3 Å². The highest BCUT2D eigenvalue weighted by Crippen LogP contribution is 2.09. The molecule has 5 heteroatoms. The second-order valence-corrected chi connectivity index (χ2v) is 4.31. The summed E-state index contributed by atoms with van der Waals surface area (Å²) in [5, 5.41) is 2.22. The Bertz CT molecular complexity index is 248. The summed E-state index contributed by atoms with van der Waals surface area (Å²) in [5.41, 5.74) is 0. The van der Waals surface area contributed by atoms with Gasteiger partial charge >= 0.3 is 6.09 Å². The van der Waals surface area contributed by atoms with Gasteiger partial charge in [0, 0.05) is 0 Å². The predicted molar refractivity (Wildman–Crippen MR) is 64.7 cm³/mol. The largest absolute Gasteiger partial charge is 0.450 e. The van der Waals surface area contributed by atoms with Crippen LogP contribution in [-0.4, -0.2) is 43.1 Å². The van der Waals surface area contributed by atoms with Gasteiger partial charge in [-0.05, 0) is 32.9 Å². The minimum atomic E-state index is -0.649. The van der Waals surface area contributed by atoms with Crippen molar-refractivity contribution in [3.8, 4) is 0 Å². The molecule has 5 nitrogen and oxygen atoms in total. The number of alkyl carbamates (subject to hydrolysis) is 1. The fourth-order valence-electron chi connectivity index (χ4n) is 1.99. The lowest BCUT2D eigenvalue weighted by molar-refractivity contribution is -0.121. The van der Waals surface area contributed by atoms with E-state index in [1.54, 1.807) is 6.92 Å². The van der Waals surface area contributed by atoms with Gasteiger partial charge in [0.1, 0.15) is 0 Å². The summed E-state index contributed by atoms with van der Waals surface area (Å²) in [5.74, 6) is -0.274. The summed E-state index contributed by atoms with van der Waals surface area (Å²) >= 11 is 0. The number of rotatable bonds is 3. The highest BCUT2D eigenvalue weighted by Gasteiger charge is 2.14. The number of imide groups is 1. The lowest BCUT2D eigenvalue weighted by atomic mass is 10.1. The molecule has 1 aliphatic rings. The zero-order valence-electron chi connectivity index (χ0n) is 10.5. The summed E-state index contributed by atoms with van der Waals surface area (Å²) in [4.78, 5) is 24.7. The van der Waals surface area contributed by atoms with Crippen LogP contribution >= 0.6 is 0 Å². The van der Waals surface area contributed by atoms with Crippen molar-refractivity contribution in [1.29, 1.82) is 0 Å². The quantitative estimate of drug-likeness (QED) is 0.815. The molecule has 0 aromatic rings. The van der Waals surface area contributed by atoms with Crippen LogP contribution in [0.1, 0.15) is 39.0 Å². The zero-order valence-corrected chi connectivity index (χ0v) is 10.5. The molecule has 0 aliphatic carbocycles. The number of amides is 2. The summed E-state index contributed by atoms with van der Waals surface area (Å²) in [6.07, 6.45) is 5.37. The lowest BCUT2D eigenvalue weighted by Gasteiger charge is -2.23. The fraction of sp³-hybridized carbons (Fsp3) is 0.833. The van der Waals surface area contributed by atoms with E-state index in [2.05, 4.69) is 15.0 Å². The SMILES string of the molecule is CCOC(=O)NC(=O)CN1CCCCCCC1. The van der Waals surface area contributed by atoms with E-state index >= 15 is 0 Å². The van der Waals surface area contributed by atoms with Gasteiger partial charge in [0.05, 0.1) is 13.2 Å². The molecule has 1 fully saturated rings. The maximum atomic E-state index is 11.5. The number of carbonyl (C=O) groups is 2. The van der Waals surface area contributed by atoms with Gasteiger partial charge in [0.15, 0.2) is 0 Å². The maximum Gasteiger partial charge on any atom is 0.413 e. The van der Waals surface area contributed by atoms with Crippen molar-refractivity contribution in [2.75, 3.05) is 26.2 Å². The molecule has 0 spiro atoms. The van der Waals surface area contributed by atoms with Gasteiger partial charge in [0.25, 0.3) is 0 Å². The fourth-order valence-corrected chi connectivity index (χ4v) is 1.99. The molecule has 0 bridgehead atoms. The number of hydrogen-bond acceptors (Lipinski definition) is 4. The van der Waals surface area contributed by atoms with Crippen molar-refractivity contribution >= 4 is 12.0 Å². The molecule has 17 heavy (non-hydrogen) atoms. The van der Waals surface area contributed by atoms with Gasteiger partial charge in [-0.3, -0.25) is 15.0 Å². The molecule has 0 atom stereocenters. The normalized spacial score (nSPS) is 17.9. The Balaban J connectivity index is 2.25. The molecule has 1 heterocycles. The minimum absolute atomic E-state index is 0.274. The van der Waals surface area contributed by atoms with Crippen LogP contribution < -0.4 is 5.32 Å². The molecule has 0 aromatic heterocycles. The summed E-state index contributed by atoms with van der Waals surface area (Å²) in [7, 11) is 0. The third-order valence-corrected chi connectivity index (χ3v) is 2.83. The average molecular weight is 242 g/mol. The summed E-state index contributed by atoms with van der Waals surface area (Å²) in [6.45, 7) is 4.16. The monoisotopic (exact) mass is 242 g/mol. The predicted octanol–water partition coefficient (Wildman–Crippen LogP) is 1.53. The Morgan fingerprint density at radius 1 is 1.12 bits per heavy atom. The van der Waals surface area contributed by atoms with E-state index in [0.717, 1.165) is 25.9 Å². The van der Waals surface area contributed by atoms with Gasteiger partial charge in [-0.25, -0.2) is 4.79 Å². The van der Waals surface area contributed by atoms with Gasteiger partial charge in [-0.2, -0.15) is 0 Å². The molecule has 0 aromatic carbocycles. The van der Waals surface area contributed by atoms with Crippen LogP contribution in [0.15, 0.2) is 0 Å². The number of nitrogens with zero attached hydrogens (tertiary/aromatic N) is 1. The maximum absolute atomic E-state index is 11.5. The molecule has 0 radical (unpaired) electrons. The number of carbonyl (C=O) groups excluding carboxylic acids is 2. The van der Waals surface area contributed by atoms with Crippen LogP contribution in [0, 0.1) is 0 Å². The Morgan fingerprint density at radius 2 is 1.71 bits per heavy atom. The molecule has 1 N–H and O–H groups in total. The molecule has 0 unspecified atom stereocenters. The van der Waals surface area contributed by atoms with Gasteiger partial charge in [-0.1, -0.05) is 19.3 Å². The molecule has 98 valence electrons. The van der Waals surface area contributed by atoms with Gasteiger partial charge in [0.2, 0.25) is 5.91 Å². The van der Waals surface area contributed by atoms with Crippen LogP contribution in [0.4, 0.5) is 4.79 Å². The van der Waals surface area contributed by atoms with E-state index in [4.69, 9.17) is 0 Å². The average Bonchev–Trinajstić information content (AvgIpc) is 2.22. The van der Waals surface area contributed by atoms with Crippen molar-refractivity contribution in [3.05, 3.63) is 0 Å². The van der Waals surface area contributed by atoms with E-state index in [9.17, 15) is 9.59 Å². The van der Waals surface area contributed by atoms with E-state index in [1.807, 2.05) is 0 Å². The third-order valence-electron chi connectivity index (χ3n) is 2.83. The number of ether oxygens (including phenoxy) is 1. The second-order valence-electron chi connectivity index (χ2n) is 4.31. The molecule has 2 amide bonds. The lowest BCUT2D eigenvalue weighted by Crippen LogP contribution is -2.41. The highest BCUT2D eigenvalue weighted by atomic mass is 16.5. The van der Waals surface area contributed by atoms with Crippen LogP contribution in [0.3, 0.4) is 0 Å². The first-order chi connectivity index (χ1) is 8.22. The number of likely N-dealkylation sites (tertiary alicyclic amines) is 1. The molecule has 1 aliphatic heterocycles. The Morgan fingerprint density at radius 3 is 2.29 bits per heavy atom. The molecular formula is C12H22N2O3. The third kappa shape index (κ3) is 6.26. The van der Waals surface area contributed by atoms with E-state index in [0.29, 0.717) is 6.54 Å². The summed E-state index contributed by atoms with van der Waals surface area (Å²) < 4.78 is 4.66. The van der Waals surface area contributed by atoms with Crippen molar-refractivity contribution in [2.24, 2.45) is 0 Å². The Labute approximate surface area is 102 Å². The highest BCUT2D eigenvalue weighted by molar-refractivity contribution is 5.92. The van der Waals surface area contributed by atoms with E-state index < -0.39 is 6.09 Å². The van der Waals surface area contributed by atoms with Gasteiger partial charge < -0.3 is 4.74 Å². The van der Waals surface area contributed by atoms with E-state index in [-0.39, 0.29) is 12.5 Å². The number of nitrogens with one attached hydrogen (secondary N) is 1. The molecule has 1 saturated heterocycles. The smallest absolute Gasteiger partial charge is 0.413 e. The standard InChI is InChI=1S/C12H22N2O3/c1-2-17-12(16)13-11(15)10-14-8-6-4-3-5-7-9-14/h2-10H2,1H3,(H,13,15,16). The van der Waals surface area contributed by atoms with Crippen molar-refractivity contribution in [3.63, 3.8) is 0 Å².